The molecule has 2 fully saturated rings. The highest BCUT2D eigenvalue weighted by Gasteiger charge is 2.39. The fraction of sp³-hybridized carbons (Fsp3) is 0.611. The molecule has 1 aliphatic heterocycles. The van der Waals surface area contributed by atoms with Gasteiger partial charge in [-0.1, -0.05) is 11.2 Å². The smallest absolute Gasteiger partial charge is 0.229 e. The van der Waals surface area contributed by atoms with Gasteiger partial charge in [-0.15, -0.1) is 0 Å². The van der Waals surface area contributed by atoms with Crippen molar-refractivity contribution in [1.29, 1.82) is 0 Å². The van der Waals surface area contributed by atoms with Gasteiger partial charge in [-0.3, -0.25) is 0 Å². The number of likely N-dealkylation sites (N-methyl/N-ethyl adjacent to an activating group) is 1. The Kier molecular flexibility index (Phi) is 4.43. The first kappa shape index (κ1) is 16.5. The number of rotatable bonds is 5. The van der Waals surface area contributed by atoms with Crippen molar-refractivity contribution >= 4 is 5.82 Å². The summed E-state index contributed by atoms with van der Waals surface area (Å²) in [6.07, 6.45) is 3.98. The van der Waals surface area contributed by atoms with Crippen LogP contribution in [0.4, 0.5) is 5.82 Å². The minimum absolute atomic E-state index is 0.112. The van der Waals surface area contributed by atoms with E-state index in [1.807, 2.05) is 18.2 Å². The summed E-state index contributed by atoms with van der Waals surface area (Å²) in [4.78, 5) is 13.9. The second kappa shape index (κ2) is 6.72. The quantitative estimate of drug-likeness (QED) is 0.822. The molecule has 0 radical (unpaired) electrons. The van der Waals surface area contributed by atoms with E-state index in [1.54, 1.807) is 7.11 Å². The lowest BCUT2D eigenvalue weighted by molar-refractivity contribution is -0.0751. The van der Waals surface area contributed by atoms with Gasteiger partial charge < -0.3 is 19.1 Å². The highest BCUT2D eigenvalue weighted by atomic mass is 16.5. The molecule has 2 aromatic heterocycles. The number of ether oxygens (including phenoxy) is 1. The van der Waals surface area contributed by atoms with Crippen LogP contribution in [0.2, 0.25) is 0 Å². The third kappa shape index (κ3) is 3.39. The van der Waals surface area contributed by atoms with Gasteiger partial charge in [-0.05, 0) is 38.4 Å². The van der Waals surface area contributed by atoms with Crippen molar-refractivity contribution in [3.8, 4) is 11.5 Å². The second-order valence-electron chi connectivity index (χ2n) is 7.10. The Morgan fingerprint density at radius 2 is 1.96 bits per heavy atom. The van der Waals surface area contributed by atoms with Gasteiger partial charge in [0.25, 0.3) is 0 Å². The Balaban J connectivity index is 1.49. The minimum atomic E-state index is -0.112. The van der Waals surface area contributed by atoms with Crippen molar-refractivity contribution < 1.29 is 9.26 Å². The molecule has 7 heteroatoms. The Labute approximate surface area is 148 Å². The molecular weight excluding hydrogens is 318 g/mol. The summed E-state index contributed by atoms with van der Waals surface area (Å²) in [5.41, 5.74) is 0.644. The number of hydrogen-bond donors (Lipinski definition) is 0. The Bertz CT molecular complexity index is 714. The Morgan fingerprint density at radius 3 is 2.64 bits per heavy atom. The zero-order valence-electron chi connectivity index (χ0n) is 14.9. The Morgan fingerprint density at radius 1 is 1.16 bits per heavy atom. The molecule has 2 aliphatic rings. The van der Waals surface area contributed by atoms with E-state index in [2.05, 4.69) is 27.0 Å². The molecule has 1 saturated heterocycles. The van der Waals surface area contributed by atoms with Gasteiger partial charge in [0.2, 0.25) is 11.7 Å². The average molecular weight is 343 g/mol. The predicted molar refractivity (Wildman–Crippen MR) is 94.5 cm³/mol. The summed E-state index contributed by atoms with van der Waals surface area (Å²) in [6, 6.07) is 5.99. The highest BCUT2D eigenvalue weighted by molar-refractivity contribution is 5.53. The molecule has 2 aromatic rings. The third-order valence-corrected chi connectivity index (χ3v) is 5.43. The van der Waals surface area contributed by atoms with E-state index in [0.29, 0.717) is 18.1 Å². The summed E-state index contributed by atoms with van der Waals surface area (Å²) >= 11 is 0. The molecule has 0 N–H and O–H groups in total. The van der Waals surface area contributed by atoms with E-state index in [4.69, 9.17) is 14.2 Å². The molecular formula is C18H25N5O2. The summed E-state index contributed by atoms with van der Waals surface area (Å²) in [5.74, 6) is 2.16. The van der Waals surface area contributed by atoms with Crippen LogP contribution >= 0.6 is 0 Å². The number of methoxy groups -OCH3 is 1. The summed E-state index contributed by atoms with van der Waals surface area (Å²) in [6.45, 7) is 4.08. The van der Waals surface area contributed by atoms with Crippen LogP contribution in [0.25, 0.3) is 11.5 Å². The molecule has 1 aliphatic carbocycles. The molecule has 0 atom stereocenters. The molecule has 0 bridgehead atoms. The standard InChI is InChI=1S/C18H25N5O2/c1-22-9-11-23(12-10-22)15-6-3-5-14(19-15)17-20-16(25-21-17)13-18(24-2)7-4-8-18/h3,5-6H,4,7-13H2,1-2H3. The van der Waals surface area contributed by atoms with Crippen LogP contribution in [0.15, 0.2) is 22.7 Å². The second-order valence-corrected chi connectivity index (χ2v) is 7.10. The molecule has 134 valence electrons. The van der Waals surface area contributed by atoms with E-state index in [0.717, 1.165) is 50.5 Å². The largest absolute Gasteiger partial charge is 0.378 e. The van der Waals surface area contributed by atoms with Gasteiger partial charge in [0.1, 0.15) is 11.5 Å². The molecule has 0 unspecified atom stereocenters. The van der Waals surface area contributed by atoms with Crippen molar-refractivity contribution in [3.63, 3.8) is 0 Å². The molecule has 4 rings (SSSR count). The maximum atomic E-state index is 5.65. The molecule has 0 spiro atoms. The van der Waals surface area contributed by atoms with E-state index in [1.165, 1.54) is 6.42 Å². The van der Waals surface area contributed by atoms with Crippen molar-refractivity contribution in [2.45, 2.75) is 31.3 Å². The molecule has 0 aromatic carbocycles. The van der Waals surface area contributed by atoms with Gasteiger partial charge in [0.05, 0.1) is 12.0 Å². The van der Waals surface area contributed by atoms with Crippen LogP contribution in [0.3, 0.4) is 0 Å². The minimum Gasteiger partial charge on any atom is -0.378 e. The third-order valence-electron chi connectivity index (χ3n) is 5.43. The lowest BCUT2D eigenvalue weighted by atomic mass is 9.77. The summed E-state index contributed by atoms with van der Waals surface area (Å²) in [5, 5.41) is 4.13. The van der Waals surface area contributed by atoms with E-state index >= 15 is 0 Å². The number of anilines is 1. The SMILES string of the molecule is COC1(Cc2nc(-c3cccc(N4CCN(C)CC4)n3)no2)CCC1. The van der Waals surface area contributed by atoms with E-state index < -0.39 is 0 Å². The van der Waals surface area contributed by atoms with Gasteiger partial charge >= 0.3 is 0 Å². The van der Waals surface area contributed by atoms with Crippen molar-refractivity contribution in [1.82, 2.24) is 20.0 Å². The topological polar surface area (TPSA) is 67.5 Å². The van der Waals surface area contributed by atoms with Gasteiger partial charge in [0.15, 0.2) is 0 Å². The van der Waals surface area contributed by atoms with Crippen molar-refractivity contribution in [2.75, 3.05) is 45.2 Å². The molecule has 1 saturated carbocycles. The predicted octanol–water partition coefficient (Wildman–Crippen LogP) is 1.99. The maximum Gasteiger partial charge on any atom is 0.229 e. The fourth-order valence-electron chi connectivity index (χ4n) is 3.49. The van der Waals surface area contributed by atoms with Crippen LogP contribution in [-0.2, 0) is 11.2 Å². The number of pyridine rings is 1. The van der Waals surface area contributed by atoms with Gasteiger partial charge in [-0.2, -0.15) is 4.98 Å². The first-order valence-electron chi connectivity index (χ1n) is 8.96. The summed E-state index contributed by atoms with van der Waals surface area (Å²) < 4.78 is 11.1. The molecule has 25 heavy (non-hydrogen) atoms. The first-order chi connectivity index (χ1) is 12.2. The maximum absolute atomic E-state index is 5.65. The number of aromatic nitrogens is 3. The van der Waals surface area contributed by atoms with Crippen LogP contribution in [0.1, 0.15) is 25.2 Å². The summed E-state index contributed by atoms with van der Waals surface area (Å²) in [7, 11) is 3.91. The van der Waals surface area contributed by atoms with Crippen molar-refractivity contribution in [2.24, 2.45) is 0 Å². The van der Waals surface area contributed by atoms with Gasteiger partial charge in [-0.25, -0.2) is 4.98 Å². The van der Waals surface area contributed by atoms with Crippen LogP contribution in [0.5, 0.6) is 0 Å². The zero-order chi connectivity index (χ0) is 17.3. The normalized spacial score (nSPS) is 20.5. The van der Waals surface area contributed by atoms with Crippen LogP contribution < -0.4 is 4.90 Å². The van der Waals surface area contributed by atoms with Gasteiger partial charge in [0, 0.05) is 33.3 Å². The lowest BCUT2D eigenvalue weighted by Gasteiger charge is -2.39. The number of hydrogen-bond acceptors (Lipinski definition) is 7. The Hall–Kier alpha value is -1.99. The zero-order valence-corrected chi connectivity index (χ0v) is 14.9. The van der Waals surface area contributed by atoms with Crippen LogP contribution in [0, 0.1) is 0 Å². The van der Waals surface area contributed by atoms with E-state index in [9.17, 15) is 0 Å². The first-order valence-corrected chi connectivity index (χ1v) is 8.96. The number of piperazine rings is 1. The van der Waals surface area contributed by atoms with Crippen LogP contribution in [-0.4, -0.2) is 66.0 Å². The number of nitrogens with zero attached hydrogens (tertiary/aromatic N) is 5. The average Bonchev–Trinajstić information content (AvgIpc) is 3.07. The highest BCUT2D eigenvalue weighted by Crippen LogP contribution is 2.37. The lowest BCUT2D eigenvalue weighted by Crippen LogP contribution is -2.44. The molecule has 7 nitrogen and oxygen atoms in total. The fourth-order valence-corrected chi connectivity index (χ4v) is 3.49. The molecule has 0 amide bonds. The molecule has 3 heterocycles. The van der Waals surface area contributed by atoms with Crippen molar-refractivity contribution in [3.05, 3.63) is 24.1 Å². The van der Waals surface area contributed by atoms with E-state index in [-0.39, 0.29) is 5.60 Å². The monoisotopic (exact) mass is 343 g/mol.